The molecule has 4 rings (SSSR count). The first-order valence-corrected chi connectivity index (χ1v) is 6.91. The maximum Gasteiger partial charge on any atom is 0.323 e. The number of alkyl halides is 2. The van der Waals surface area contributed by atoms with E-state index in [1.54, 1.807) is 0 Å². The Labute approximate surface area is 116 Å². The SMILES string of the molecule is O=C(OCc1ccccc1)[C@H]1NC2CCC1CC2(F)F. The van der Waals surface area contributed by atoms with Crippen LogP contribution in [0.4, 0.5) is 8.78 Å². The molecule has 0 amide bonds. The second-order valence-corrected chi connectivity index (χ2v) is 5.59. The van der Waals surface area contributed by atoms with E-state index in [9.17, 15) is 13.6 Å². The molecule has 1 aromatic rings. The molecular weight excluding hydrogens is 264 g/mol. The van der Waals surface area contributed by atoms with Crippen LogP contribution >= 0.6 is 0 Å². The lowest BCUT2D eigenvalue weighted by Gasteiger charge is -2.46. The van der Waals surface area contributed by atoms with Gasteiger partial charge in [0.15, 0.2) is 0 Å². The first-order valence-electron chi connectivity index (χ1n) is 6.91. The predicted molar refractivity (Wildman–Crippen MR) is 69.2 cm³/mol. The molecule has 2 heterocycles. The molecule has 3 atom stereocenters. The standard InChI is InChI=1S/C15H17F2NO2/c16-15(17)8-11-6-7-12(15)18-13(11)14(19)20-9-10-4-2-1-3-5-10/h1-5,11-13,18H,6-9H2/t11?,12?,13-/m0/s1. The van der Waals surface area contributed by atoms with E-state index in [1.807, 2.05) is 30.3 Å². The number of fused-ring (bicyclic) bond motifs is 3. The number of rotatable bonds is 3. The molecule has 2 unspecified atom stereocenters. The van der Waals surface area contributed by atoms with Crippen LogP contribution in [0, 0.1) is 5.92 Å². The average molecular weight is 281 g/mol. The molecule has 108 valence electrons. The van der Waals surface area contributed by atoms with Crippen molar-refractivity contribution in [3.63, 3.8) is 0 Å². The third-order valence-electron chi connectivity index (χ3n) is 4.20. The molecule has 20 heavy (non-hydrogen) atoms. The summed E-state index contributed by atoms with van der Waals surface area (Å²) in [6, 6.07) is 7.87. The summed E-state index contributed by atoms with van der Waals surface area (Å²) in [6.45, 7) is 0.186. The Hall–Kier alpha value is -1.49. The summed E-state index contributed by atoms with van der Waals surface area (Å²) in [7, 11) is 0. The van der Waals surface area contributed by atoms with Crippen molar-refractivity contribution in [3.05, 3.63) is 35.9 Å². The molecule has 2 aliphatic heterocycles. The molecule has 1 N–H and O–H groups in total. The highest BCUT2D eigenvalue weighted by Gasteiger charge is 2.54. The van der Waals surface area contributed by atoms with E-state index in [2.05, 4.69) is 5.32 Å². The van der Waals surface area contributed by atoms with Gasteiger partial charge in [-0.25, -0.2) is 8.78 Å². The van der Waals surface area contributed by atoms with Crippen LogP contribution in [0.15, 0.2) is 30.3 Å². The van der Waals surface area contributed by atoms with Gasteiger partial charge in [0.25, 0.3) is 5.92 Å². The highest BCUT2D eigenvalue weighted by Crippen LogP contribution is 2.43. The van der Waals surface area contributed by atoms with Gasteiger partial charge in [-0.05, 0) is 24.3 Å². The van der Waals surface area contributed by atoms with Crippen molar-refractivity contribution in [2.75, 3.05) is 0 Å². The first-order chi connectivity index (χ1) is 9.56. The Bertz CT molecular complexity index is 492. The molecule has 1 aliphatic carbocycles. The summed E-state index contributed by atoms with van der Waals surface area (Å²) in [5.74, 6) is -3.43. The number of benzene rings is 1. The highest BCUT2D eigenvalue weighted by atomic mass is 19.3. The summed E-state index contributed by atoms with van der Waals surface area (Å²) in [5, 5.41) is 2.75. The van der Waals surface area contributed by atoms with E-state index < -0.39 is 24.0 Å². The zero-order valence-corrected chi connectivity index (χ0v) is 11.0. The minimum absolute atomic E-state index is 0.186. The normalized spacial score (nSPS) is 31.0. The topological polar surface area (TPSA) is 38.3 Å². The summed E-state index contributed by atoms with van der Waals surface area (Å²) >= 11 is 0. The third kappa shape index (κ3) is 2.54. The summed E-state index contributed by atoms with van der Waals surface area (Å²) in [6.07, 6.45) is 0.883. The average Bonchev–Trinajstić information content (AvgIpc) is 2.45. The Morgan fingerprint density at radius 3 is 2.65 bits per heavy atom. The molecule has 3 fully saturated rings. The number of ether oxygens (including phenoxy) is 1. The molecular formula is C15H17F2NO2. The fraction of sp³-hybridized carbons (Fsp3) is 0.533. The first kappa shape index (κ1) is 13.5. The van der Waals surface area contributed by atoms with Crippen molar-refractivity contribution in [3.8, 4) is 0 Å². The molecule has 0 radical (unpaired) electrons. The van der Waals surface area contributed by atoms with Gasteiger partial charge in [0, 0.05) is 6.42 Å². The molecule has 5 heteroatoms. The van der Waals surface area contributed by atoms with Crippen LogP contribution in [-0.4, -0.2) is 24.0 Å². The fourth-order valence-electron chi connectivity index (χ4n) is 3.11. The molecule has 0 aromatic heterocycles. The lowest BCUT2D eigenvalue weighted by Crippen LogP contribution is -2.64. The van der Waals surface area contributed by atoms with Crippen LogP contribution in [0.5, 0.6) is 0 Å². The fourth-order valence-corrected chi connectivity index (χ4v) is 3.11. The number of esters is 1. The van der Waals surface area contributed by atoms with Crippen LogP contribution in [0.3, 0.4) is 0 Å². The molecule has 0 spiro atoms. The van der Waals surface area contributed by atoms with Gasteiger partial charge < -0.3 is 4.74 Å². The van der Waals surface area contributed by atoms with Crippen molar-refractivity contribution in [2.45, 2.75) is 43.9 Å². The molecule has 2 bridgehead atoms. The van der Waals surface area contributed by atoms with Gasteiger partial charge in [-0.15, -0.1) is 0 Å². The number of halogens is 2. The number of piperidine rings is 2. The maximum absolute atomic E-state index is 13.6. The smallest absolute Gasteiger partial charge is 0.323 e. The van der Waals surface area contributed by atoms with E-state index in [-0.39, 0.29) is 18.9 Å². The second-order valence-electron chi connectivity index (χ2n) is 5.59. The lowest BCUT2D eigenvalue weighted by molar-refractivity contribution is -0.163. The van der Waals surface area contributed by atoms with Gasteiger partial charge in [0.2, 0.25) is 0 Å². The molecule has 1 aromatic carbocycles. The van der Waals surface area contributed by atoms with E-state index in [0.29, 0.717) is 12.8 Å². The van der Waals surface area contributed by atoms with Crippen molar-refractivity contribution in [1.82, 2.24) is 5.32 Å². The quantitative estimate of drug-likeness (QED) is 0.865. The van der Waals surface area contributed by atoms with Gasteiger partial charge in [-0.2, -0.15) is 0 Å². The second kappa shape index (κ2) is 5.13. The largest absolute Gasteiger partial charge is 0.460 e. The van der Waals surface area contributed by atoms with Gasteiger partial charge in [-0.3, -0.25) is 10.1 Å². The van der Waals surface area contributed by atoms with E-state index in [4.69, 9.17) is 4.74 Å². The zero-order valence-electron chi connectivity index (χ0n) is 11.0. The zero-order chi connectivity index (χ0) is 14.2. The van der Waals surface area contributed by atoms with Crippen molar-refractivity contribution in [1.29, 1.82) is 0 Å². The number of hydrogen-bond acceptors (Lipinski definition) is 3. The van der Waals surface area contributed by atoms with Gasteiger partial charge >= 0.3 is 5.97 Å². The van der Waals surface area contributed by atoms with E-state index in [0.717, 1.165) is 5.56 Å². The summed E-state index contributed by atoms with van der Waals surface area (Å²) < 4.78 is 32.4. The Kier molecular flexibility index (Phi) is 3.46. The minimum atomic E-state index is -2.70. The van der Waals surface area contributed by atoms with Gasteiger partial charge in [-0.1, -0.05) is 30.3 Å². The Balaban J connectivity index is 1.59. The molecule has 2 saturated heterocycles. The number of carbonyl (C=O) groups is 1. The van der Waals surface area contributed by atoms with Gasteiger partial charge in [0.05, 0.1) is 6.04 Å². The predicted octanol–water partition coefficient (Wildman–Crippen LogP) is 2.51. The third-order valence-corrected chi connectivity index (χ3v) is 4.20. The van der Waals surface area contributed by atoms with Crippen LogP contribution in [0.25, 0.3) is 0 Å². The van der Waals surface area contributed by atoms with Crippen molar-refractivity contribution < 1.29 is 18.3 Å². The lowest BCUT2D eigenvalue weighted by atomic mass is 9.74. The van der Waals surface area contributed by atoms with Crippen LogP contribution < -0.4 is 5.32 Å². The Morgan fingerprint density at radius 2 is 2.05 bits per heavy atom. The molecule has 1 saturated carbocycles. The van der Waals surface area contributed by atoms with E-state index >= 15 is 0 Å². The minimum Gasteiger partial charge on any atom is -0.460 e. The summed E-state index contributed by atoms with van der Waals surface area (Å²) in [5.41, 5.74) is 0.896. The van der Waals surface area contributed by atoms with Crippen molar-refractivity contribution in [2.24, 2.45) is 5.92 Å². The summed E-state index contributed by atoms with van der Waals surface area (Å²) in [4.78, 5) is 12.0. The number of carbonyl (C=O) groups excluding carboxylic acids is 1. The highest BCUT2D eigenvalue weighted by molar-refractivity contribution is 5.76. The van der Waals surface area contributed by atoms with Crippen LogP contribution in [-0.2, 0) is 16.1 Å². The van der Waals surface area contributed by atoms with Crippen LogP contribution in [0.1, 0.15) is 24.8 Å². The van der Waals surface area contributed by atoms with Gasteiger partial charge in [0.1, 0.15) is 12.6 Å². The molecule has 3 nitrogen and oxygen atoms in total. The monoisotopic (exact) mass is 281 g/mol. The van der Waals surface area contributed by atoms with Crippen molar-refractivity contribution >= 4 is 5.97 Å². The maximum atomic E-state index is 13.6. The molecule has 3 aliphatic rings. The number of nitrogens with one attached hydrogen (secondary N) is 1. The van der Waals surface area contributed by atoms with E-state index in [1.165, 1.54) is 0 Å². The number of hydrogen-bond donors (Lipinski definition) is 1. The van der Waals surface area contributed by atoms with Crippen LogP contribution in [0.2, 0.25) is 0 Å². The Morgan fingerprint density at radius 1 is 1.30 bits per heavy atom.